The molecule has 1 saturated heterocycles. The van der Waals surface area contributed by atoms with Crippen LogP contribution in [0.5, 0.6) is 0 Å². The van der Waals surface area contributed by atoms with Crippen molar-refractivity contribution < 1.29 is 9.00 Å². The smallest absolute Gasteiger partial charge is 0.241 e. The molecular formula is C15H30N2O2S. The summed E-state index contributed by atoms with van der Waals surface area (Å²) in [5.41, 5.74) is 0. The van der Waals surface area contributed by atoms with E-state index < -0.39 is 10.8 Å². The molecule has 0 saturated carbocycles. The first-order valence-electron chi connectivity index (χ1n) is 7.81. The molecule has 5 unspecified atom stereocenters. The van der Waals surface area contributed by atoms with Crippen molar-refractivity contribution >= 4 is 16.7 Å². The van der Waals surface area contributed by atoms with Crippen LogP contribution in [-0.2, 0) is 15.6 Å². The zero-order chi connectivity index (χ0) is 15.3. The summed E-state index contributed by atoms with van der Waals surface area (Å²) in [5, 5.41) is 3.64. The van der Waals surface area contributed by atoms with Crippen molar-refractivity contribution in [3.8, 4) is 0 Å². The lowest BCUT2D eigenvalue weighted by molar-refractivity contribution is -0.131. The second kappa shape index (κ2) is 8.13. The molecule has 4 nitrogen and oxygen atoms in total. The monoisotopic (exact) mass is 302 g/mol. The van der Waals surface area contributed by atoms with Crippen LogP contribution >= 0.6 is 0 Å². The molecule has 1 fully saturated rings. The highest BCUT2D eigenvalue weighted by Gasteiger charge is 2.40. The third-order valence-electron chi connectivity index (χ3n) is 4.42. The van der Waals surface area contributed by atoms with Crippen LogP contribution in [0, 0.1) is 5.92 Å². The molecule has 0 aromatic heterocycles. The van der Waals surface area contributed by atoms with Crippen LogP contribution in [0.15, 0.2) is 0 Å². The molecule has 1 aliphatic heterocycles. The van der Waals surface area contributed by atoms with Crippen LogP contribution in [0.1, 0.15) is 53.4 Å². The zero-order valence-corrected chi connectivity index (χ0v) is 14.3. The van der Waals surface area contributed by atoms with Gasteiger partial charge >= 0.3 is 0 Å². The van der Waals surface area contributed by atoms with Crippen LogP contribution < -0.4 is 5.32 Å². The Hall–Kier alpha value is -0.420. The number of hydrogen-bond donors (Lipinski definition) is 1. The quantitative estimate of drug-likeness (QED) is 0.747. The SMILES string of the molecule is CCCC1NC(C(C)CC)C(=O)N1CCC(C)S(C)=O. The van der Waals surface area contributed by atoms with Crippen LogP contribution in [0.4, 0.5) is 0 Å². The molecule has 0 aliphatic carbocycles. The van der Waals surface area contributed by atoms with Gasteiger partial charge in [-0.3, -0.25) is 14.3 Å². The molecule has 0 spiro atoms. The summed E-state index contributed by atoms with van der Waals surface area (Å²) in [5.74, 6) is 0.594. The molecule has 0 aromatic rings. The average Bonchev–Trinajstić information content (AvgIpc) is 2.72. The van der Waals surface area contributed by atoms with Gasteiger partial charge in [0.15, 0.2) is 0 Å². The molecule has 0 bridgehead atoms. The summed E-state index contributed by atoms with van der Waals surface area (Å²) >= 11 is 0. The highest BCUT2D eigenvalue weighted by molar-refractivity contribution is 7.84. The number of hydrogen-bond acceptors (Lipinski definition) is 3. The van der Waals surface area contributed by atoms with Crippen LogP contribution in [0.3, 0.4) is 0 Å². The summed E-state index contributed by atoms with van der Waals surface area (Å²) in [7, 11) is -0.814. The Morgan fingerprint density at radius 1 is 1.35 bits per heavy atom. The van der Waals surface area contributed by atoms with E-state index in [1.807, 2.05) is 11.8 Å². The number of nitrogens with zero attached hydrogens (tertiary/aromatic N) is 1. The predicted octanol–water partition coefficient (Wildman–Crippen LogP) is 2.12. The third-order valence-corrected chi connectivity index (χ3v) is 5.78. The Bertz CT molecular complexity index is 349. The van der Waals surface area contributed by atoms with E-state index in [1.165, 1.54) is 0 Å². The topological polar surface area (TPSA) is 49.4 Å². The molecule has 1 aliphatic rings. The Morgan fingerprint density at radius 2 is 2.00 bits per heavy atom. The fraction of sp³-hybridized carbons (Fsp3) is 0.933. The van der Waals surface area contributed by atoms with Crippen LogP contribution in [-0.4, -0.2) is 45.3 Å². The van der Waals surface area contributed by atoms with Gasteiger partial charge in [-0.15, -0.1) is 0 Å². The van der Waals surface area contributed by atoms with Gasteiger partial charge in [0.25, 0.3) is 0 Å². The first kappa shape index (κ1) is 17.6. The summed E-state index contributed by atoms with van der Waals surface area (Å²) < 4.78 is 11.4. The van der Waals surface area contributed by atoms with Crippen molar-refractivity contribution in [2.24, 2.45) is 5.92 Å². The first-order chi connectivity index (χ1) is 9.42. The number of rotatable bonds is 8. The maximum Gasteiger partial charge on any atom is 0.241 e. The molecule has 5 atom stereocenters. The highest BCUT2D eigenvalue weighted by Crippen LogP contribution is 2.22. The molecule has 5 heteroatoms. The van der Waals surface area contributed by atoms with Gasteiger partial charge in [-0.2, -0.15) is 0 Å². The van der Waals surface area contributed by atoms with E-state index in [4.69, 9.17) is 0 Å². The van der Waals surface area contributed by atoms with Gasteiger partial charge in [-0.05, 0) is 18.8 Å². The molecule has 1 amide bonds. The minimum Gasteiger partial charge on any atom is -0.326 e. The van der Waals surface area contributed by atoms with Crippen molar-refractivity contribution in [1.82, 2.24) is 10.2 Å². The molecule has 0 aromatic carbocycles. The van der Waals surface area contributed by atoms with E-state index in [9.17, 15) is 9.00 Å². The Labute approximate surface area is 126 Å². The number of nitrogens with one attached hydrogen (secondary N) is 1. The Balaban J connectivity index is 2.69. The van der Waals surface area contributed by atoms with Crippen molar-refractivity contribution in [2.45, 2.75) is 70.8 Å². The zero-order valence-electron chi connectivity index (χ0n) is 13.5. The molecule has 1 heterocycles. The van der Waals surface area contributed by atoms with E-state index >= 15 is 0 Å². The lowest BCUT2D eigenvalue weighted by atomic mass is 9.99. The van der Waals surface area contributed by atoms with Crippen molar-refractivity contribution in [3.63, 3.8) is 0 Å². The molecule has 1 rings (SSSR count). The van der Waals surface area contributed by atoms with E-state index in [2.05, 4.69) is 26.1 Å². The van der Waals surface area contributed by atoms with E-state index in [0.29, 0.717) is 12.5 Å². The number of amides is 1. The highest BCUT2D eigenvalue weighted by atomic mass is 32.2. The van der Waals surface area contributed by atoms with Gasteiger partial charge < -0.3 is 4.90 Å². The van der Waals surface area contributed by atoms with Gasteiger partial charge in [0, 0.05) is 28.9 Å². The standard InChI is InChI=1S/C15H30N2O2S/c1-6-8-13-16-14(11(3)7-2)15(18)17(13)10-9-12(4)20(5)19/h11-14,16H,6-10H2,1-5H3. The molecule has 118 valence electrons. The van der Waals surface area contributed by atoms with Gasteiger partial charge in [-0.25, -0.2) is 0 Å². The Kier molecular flexibility index (Phi) is 7.17. The van der Waals surface area contributed by atoms with Crippen molar-refractivity contribution in [1.29, 1.82) is 0 Å². The van der Waals surface area contributed by atoms with Crippen molar-refractivity contribution in [2.75, 3.05) is 12.8 Å². The van der Waals surface area contributed by atoms with Crippen LogP contribution in [0.25, 0.3) is 0 Å². The largest absolute Gasteiger partial charge is 0.326 e. The van der Waals surface area contributed by atoms with E-state index in [-0.39, 0.29) is 23.4 Å². The minimum absolute atomic E-state index is 0.0426. The molecule has 1 N–H and O–H groups in total. The molecule has 0 radical (unpaired) electrons. The third kappa shape index (κ3) is 4.29. The average molecular weight is 302 g/mol. The first-order valence-corrected chi connectivity index (χ1v) is 9.43. The summed E-state index contributed by atoms with van der Waals surface area (Å²) in [4.78, 5) is 14.5. The van der Waals surface area contributed by atoms with Gasteiger partial charge in [0.1, 0.15) is 0 Å². The lowest BCUT2D eigenvalue weighted by Gasteiger charge is -2.25. The van der Waals surface area contributed by atoms with E-state index in [0.717, 1.165) is 25.7 Å². The van der Waals surface area contributed by atoms with Crippen LogP contribution in [0.2, 0.25) is 0 Å². The summed E-state index contributed by atoms with van der Waals surface area (Å²) in [6, 6.07) is -0.0426. The fourth-order valence-corrected chi connectivity index (χ4v) is 3.05. The Morgan fingerprint density at radius 3 is 2.50 bits per heavy atom. The molecule has 20 heavy (non-hydrogen) atoms. The predicted molar refractivity (Wildman–Crippen MR) is 84.9 cm³/mol. The maximum atomic E-state index is 12.6. The van der Waals surface area contributed by atoms with Gasteiger partial charge in [-0.1, -0.05) is 40.5 Å². The van der Waals surface area contributed by atoms with Crippen molar-refractivity contribution in [3.05, 3.63) is 0 Å². The minimum atomic E-state index is -0.814. The normalized spacial score (nSPS) is 27.6. The lowest BCUT2D eigenvalue weighted by Crippen LogP contribution is -2.39. The van der Waals surface area contributed by atoms with Gasteiger partial charge in [0.2, 0.25) is 5.91 Å². The number of carbonyl (C=O) groups is 1. The fourth-order valence-electron chi connectivity index (χ4n) is 2.61. The second-order valence-electron chi connectivity index (χ2n) is 5.96. The summed E-state index contributed by atoms with van der Waals surface area (Å²) in [6.07, 6.45) is 5.76. The number of carbonyl (C=O) groups excluding carboxylic acids is 1. The molecular weight excluding hydrogens is 272 g/mol. The van der Waals surface area contributed by atoms with Gasteiger partial charge in [0.05, 0.1) is 12.2 Å². The summed E-state index contributed by atoms with van der Waals surface area (Å²) in [6.45, 7) is 9.10. The maximum absolute atomic E-state index is 12.6. The van der Waals surface area contributed by atoms with E-state index in [1.54, 1.807) is 6.26 Å². The second-order valence-corrected chi connectivity index (χ2v) is 7.77.